The molecular formula is C18H37N3O4. The van der Waals surface area contributed by atoms with Gasteiger partial charge < -0.3 is 25.4 Å². The van der Waals surface area contributed by atoms with Crippen molar-refractivity contribution >= 4 is 11.8 Å². The average Bonchev–Trinajstić information content (AvgIpc) is 2.58. The predicted molar refractivity (Wildman–Crippen MR) is 99.6 cm³/mol. The molecule has 148 valence electrons. The first-order valence-electron chi connectivity index (χ1n) is 9.48. The molecule has 0 radical (unpaired) electrons. The second-order valence-electron chi connectivity index (χ2n) is 6.03. The Labute approximate surface area is 152 Å². The van der Waals surface area contributed by atoms with Crippen LogP contribution in [0.4, 0.5) is 0 Å². The van der Waals surface area contributed by atoms with Crippen molar-refractivity contribution in [2.24, 2.45) is 0 Å². The smallest absolute Gasteiger partial charge is 0.222 e. The third-order valence-electron chi connectivity index (χ3n) is 3.64. The highest BCUT2D eigenvalue weighted by Crippen LogP contribution is 2.04. The number of amides is 2. The van der Waals surface area contributed by atoms with Crippen molar-refractivity contribution in [1.82, 2.24) is 16.0 Å². The molecule has 0 spiro atoms. The van der Waals surface area contributed by atoms with Crippen LogP contribution >= 0.6 is 0 Å². The number of rotatable bonds is 18. The van der Waals surface area contributed by atoms with E-state index in [1.54, 1.807) is 6.92 Å². The molecule has 0 saturated carbocycles. The minimum Gasteiger partial charge on any atom is -0.379 e. The van der Waals surface area contributed by atoms with Gasteiger partial charge in [-0.3, -0.25) is 9.59 Å². The maximum Gasteiger partial charge on any atom is 0.222 e. The third-order valence-corrected chi connectivity index (χ3v) is 3.64. The van der Waals surface area contributed by atoms with Gasteiger partial charge in [0.2, 0.25) is 11.8 Å². The van der Waals surface area contributed by atoms with Crippen LogP contribution in [0.3, 0.4) is 0 Å². The molecule has 0 bridgehead atoms. The van der Waals surface area contributed by atoms with Crippen molar-refractivity contribution in [2.75, 3.05) is 53.1 Å². The van der Waals surface area contributed by atoms with E-state index in [2.05, 4.69) is 16.0 Å². The monoisotopic (exact) mass is 359 g/mol. The Morgan fingerprint density at radius 3 is 1.88 bits per heavy atom. The van der Waals surface area contributed by atoms with E-state index < -0.39 is 0 Å². The lowest BCUT2D eigenvalue weighted by molar-refractivity contribution is -0.122. The summed E-state index contributed by atoms with van der Waals surface area (Å²) in [5.74, 6) is 0.0883. The van der Waals surface area contributed by atoms with E-state index in [1.165, 1.54) is 12.8 Å². The van der Waals surface area contributed by atoms with E-state index in [0.717, 1.165) is 45.3 Å². The second-order valence-corrected chi connectivity index (χ2v) is 6.03. The minimum atomic E-state index is 0.0407. The summed E-state index contributed by atoms with van der Waals surface area (Å²) in [6, 6.07) is 0. The van der Waals surface area contributed by atoms with Gasteiger partial charge in [-0.1, -0.05) is 25.7 Å². The topological polar surface area (TPSA) is 88.7 Å². The fraction of sp³-hybridized carbons (Fsp3) is 0.889. The molecule has 0 aliphatic rings. The molecule has 0 aromatic carbocycles. The molecule has 0 aromatic rings. The summed E-state index contributed by atoms with van der Waals surface area (Å²) >= 11 is 0. The van der Waals surface area contributed by atoms with E-state index >= 15 is 0 Å². The maximum atomic E-state index is 11.6. The molecule has 7 nitrogen and oxygen atoms in total. The van der Waals surface area contributed by atoms with Crippen LogP contribution in [-0.2, 0) is 19.1 Å². The Morgan fingerprint density at radius 2 is 1.28 bits per heavy atom. The fourth-order valence-corrected chi connectivity index (χ4v) is 2.20. The van der Waals surface area contributed by atoms with E-state index in [-0.39, 0.29) is 11.8 Å². The van der Waals surface area contributed by atoms with Gasteiger partial charge >= 0.3 is 0 Å². The zero-order chi connectivity index (χ0) is 18.6. The van der Waals surface area contributed by atoms with Gasteiger partial charge in [-0.15, -0.1) is 0 Å². The lowest BCUT2D eigenvalue weighted by Gasteiger charge is -2.07. The van der Waals surface area contributed by atoms with Crippen molar-refractivity contribution in [2.45, 2.75) is 51.9 Å². The van der Waals surface area contributed by atoms with Crippen LogP contribution in [0.2, 0.25) is 0 Å². The number of carbonyl (C=O) groups excluding carboxylic acids is 2. The lowest BCUT2D eigenvalue weighted by atomic mass is 10.1. The molecule has 7 heteroatoms. The first-order chi connectivity index (χ1) is 12.2. The van der Waals surface area contributed by atoms with Crippen molar-refractivity contribution in [3.8, 4) is 0 Å². The van der Waals surface area contributed by atoms with Gasteiger partial charge in [0.15, 0.2) is 0 Å². The van der Waals surface area contributed by atoms with E-state index in [9.17, 15) is 9.59 Å². The molecule has 0 unspecified atom stereocenters. The molecule has 25 heavy (non-hydrogen) atoms. The molecule has 0 saturated heterocycles. The molecule has 0 rings (SSSR count). The van der Waals surface area contributed by atoms with Crippen LogP contribution in [0.25, 0.3) is 0 Å². The Balaban J connectivity index is 3.16. The molecule has 0 aliphatic carbocycles. The van der Waals surface area contributed by atoms with Gasteiger partial charge in [0.05, 0.1) is 26.4 Å². The second kappa shape index (κ2) is 19.1. The van der Waals surface area contributed by atoms with Crippen LogP contribution < -0.4 is 16.0 Å². The molecule has 3 N–H and O–H groups in total. The number of hydrogen-bond acceptors (Lipinski definition) is 5. The zero-order valence-electron chi connectivity index (χ0n) is 16.0. The maximum absolute atomic E-state index is 11.6. The van der Waals surface area contributed by atoms with Gasteiger partial charge in [-0.2, -0.15) is 0 Å². The van der Waals surface area contributed by atoms with Crippen LogP contribution in [-0.4, -0.2) is 64.9 Å². The highest BCUT2D eigenvalue weighted by molar-refractivity contribution is 5.75. The number of carbonyl (C=O) groups is 2. The molecule has 2 amide bonds. The van der Waals surface area contributed by atoms with E-state index in [0.29, 0.717) is 32.8 Å². The van der Waals surface area contributed by atoms with Gasteiger partial charge in [0.25, 0.3) is 0 Å². The Kier molecular flexibility index (Phi) is 18.2. The van der Waals surface area contributed by atoms with Crippen molar-refractivity contribution in [3.63, 3.8) is 0 Å². The Bertz CT molecular complexity index is 327. The molecule has 0 atom stereocenters. The number of ether oxygens (including phenoxy) is 2. The average molecular weight is 360 g/mol. The highest BCUT2D eigenvalue weighted by Gasteiger charge is 2.00. The summed E-state index contributed by atoms with van der Waals surface area (Å²) in [6.45, 7) is 6.09. The summed E-state index contributed by atoms with van der Waals surface area (Å²) in [4.78, 5) is 22.3. The zero-order valence-corrected chi connectivity index (χ0v) is 16.0. The predicted octanol–water partition coefficient (Wildman–Crippen LogP) is 1.22. The summed E-state index contributed by atoms with van der Waals surface area (Å²) in [5, 5.41) is 8.72. The van der Waals surface area contributed by atoms with E-state index in [1.807, 2.05) is 7.05 Å². The third kappa shape index (κ3) is 20.8. The van der Waals surface area contributed by atoms with Crippen molar-refractivity contribution in [3.05, 3.63) is 0 Å². The SMILES string of the molecule is CNCCOCCOCCC(=O)NCCCCCCCCNC(C)=O. The van der Waals surface area contributed by atoms with E-state index in [4.69, 9.17) is 9.47 Å². The number of unbranched alkanes of at least 4 members (excludes halogenated alkanes) is 5. The van der Waals surface area contributed by atoms with Crippen LogP contribution in [0, 0.1) is 0 Å². The van der Waals surface area contributed by atoms with Crippen LogP contribution in [0.1, 0.15) is 51.9 Å². The lowest BCUT2D eigenvalue weighted by Crippen LogP contribution is -2.25. The van der Waals surface area contributed by atoms with Gasteiger partial charge in [0, 0.05) is 33.0 Å². The number of likely N-dealkylation sites (N-methyl/N-ethyl adjacent to an activating group) is 1. The van der Waals surface area contributed by atoms with Crippen molar-refractivity contribution in [1.29, 1.82) is 0 Å². The molecule has 0 heterocycles. The largest absolute Gasteiger partial charge is 0.379 e. The molecule has 0 aliphatic heterocycles. The highest BCUT2D eigenvalue weighted by atomic mass is 16.5. The number of nitrogens with one attached hydrogen (secondary N) is 3. The summed E-state index contributed by atoms with van der Waals surface area (Å²) < 4.78 is 10.7. The van der Waals surface area contributed by atoms with Crippen LogP contribution in [0.15, 0.2) is 0 Å². The number of hydrogen-bond donors (Lipinski definition) is 3. The minimum absolute atomic E-state index is 0.0407. The summed E-state index contributed by atoms with van der Waals surface area (Å²) in [7, 11) is 1.88. The summed E-state index contributed by atoms with van der Waals surface area (Å²) in [6.07, 6.45) is 7.07. The molecular weight excluding hydrogens is 322 g/mol. The first kappa shape index (κ1) is 23.8. The Morgan fingerprint density at radius 1 is 0.720 bits per heavy atom. The molecule has 0 aromatic heterocycles. The van der Waals surface area contributed by atoms with Gasteiger partial charge in [-0.25, -0.2) is 0 Å². The quantitative estimate of drug-likeness (QED) is 0.320. The normalized spacial score (nSPS) is 10.6. The van der Waals surface area contributed by atoms with Gasteiger partial charge in [0.1, 0.15) is 0 Å². The fourth-order valence-electron chi connectivity index (χ4n) is 2.20. The van der Waals surface area contributed by atoms with Crippen LogP contribution in [0.5, 0.6) is 0 Å². The summed E-state index contributed by atoms with van der Waals surface area (Å²) in [5.41, 5.74) is 0. The Hall–Kier alpha value is -1.18. The standard InChI is InChI=1S/C18H37N3O4/c1-17(22)20-10-7-5-3-4-6-8-11-21-18(23)9-13-24-15-16-25-14-12-19-2/h19H,3-16H2,1-2H3,(H,20,22)(H,21,23). The molecule has 0 fully saturated rings. The van der Waals surface area contributed by atoms with Gasteiger partial charge in [-0.05, 0) is 19.9 Å². The first-order valence-corrected chi connectivity index (χ1v) is 9.48. The van der Waals surface area contributed by atoms with Crippen molar-refractivity contribution < 1.29 is 19.1 Å².